The van der Waals surface area contributed by atoms with Gasteiger partial charge < -0.3 is 15.7 Å². The molecule has 3 N–H and O–H groups in total. The molecule has 0 saturated heterocycles. The van der Waals surface area contributed by atoms with Gasteiger partial charge in [-0.3, -0.25) is 9.59 Å². The number of carbonyl (C=O) groups excluding carboxylic acids is 2. The number of benzene rings is 3. The third-order valence-electron chi connectivity index (χ3n) is 4.94. The Morgan fingerprint density at radius 2 is 1.84 bits per heavy atom. The van der Waals surface area contributed by atoms with E-state index in [9.17, 15) is 32.3 Å². The Morgan fingerprint density at radius 1 is 1.09 bits per heavy atom. The number of anilines is 1. The summed E-state index contributed by atoms with van der Waals surface area (Å²) in [5, 5.41) is 14.9. The first-order chi connectivity index (χ1) is 15.0. The lowest BCUT2D eigenvalue weighted by molar-refractivity contribution is -0.137. The standard InChI is InChI=1S/C22H13ClF4N2O3/c23-16-5-4-12(24)9-15(16)19-18-14(21(32)29-19)2-1-3-17(18)28-20(31)10-6-11(22(25,26)27)8-13(30)7-10/h1-9,19,30H,(H,28,31)(H,29,32). The van der Waals surface area contributed by atoms with Crippen molar-refractivity contribution in [1.29, 1.82) is 0 Å². The third-order valence-corrected chi connectivity index (χ3v) is 5.28. The lowest BCUT2D eigenvalue weighted by atomic mass is 9.96. The van der Waals surface area contributed by atoms with Crippen LogP contribution in [-0.4, -0.2) is 16.9 Å². The topological polar surface area (TPSA) is 78.4 Å². The largest absolute Gasteiger partial charge is 0.508 e. The summed E-state index contributed by atoms with van der Waals surface area (Å²) in [5.74, 6) is -2.75. The lowest BCUT2D eigenvalue weighted by Gasteiger charge is -2.18. The quantitative estimate of drug-likeness (QED) is 0.461. The number of carbonyl (C=O) groups is 2. The van der Waals surface area contributed by atoms with Gasteiger partial charge in [0.15, 0.2) is 0 Å². The maximum Gasteiger partial charge on any atom is 0.416 e. The zero-order valence-electron chi connectivity index (χ0n) is 15.9. The van der Waals surface area contributed by atoms with Gasteiger partial charge in [0.05, 0.1) is 11.6 Å². The van der Waals surface area contributed by atoms with Crippen molar-refractivity contribution < 1.29 is 32.3 Å². The first-order valence-corrected chi connectivity index (χ1v) is 9.53. The van der Waals surface area contributed by atoms with Crippen LogP contribution in [0.4, 0.5) is 23.2 Å². The molecule has 0 fully saturated rings. The zero-order valence-corrected chi connectivity index (χ0v) is 16.7. The highest BCUT2D eigenvalue weighted by atomic mass is 35.5. The Labute approximate surface area is 183 Å². The summed E-state index contributed by atoms with van der Waals surface area (Å²) < 4.78 is 52.9. The van der Waals surface area contributed by atoms with Crippen molar-refractivity contribution in [3.05, 3.63) is 93.3 Å². The highest BCUT2D eigenvalue weighted by molar-refractivity contribution is 6.31. The van der Waals surface area contributed by atoms with Gasteiger partial charge in [-0.15, -0.1) is 0 Å². The molecule has 3 aromatic rings. The van der Waals surface area contributed by atoms with Crippen molar-refractivity contribution in [3.63, 3.8) is 0 Å². The average molecular weight is 465 g/mol. The monoisotopic (exact) mass is 464 g/mol. The number of alkyl halides is 3. The second kappa shape index (κ2) is 7.83. The number of amides is 2. The number of halogens is 5. The molecule has 0 aromatic heterocycles. The highest BCUT2D eigenvalue weighted by Gasteiger charge is 2.35. The fraction of sp³-hybridized carbons (Fsp3) is 0.0909. The molecule has 0 bridgehead atoms. The van der Waals surface area contributed by atoms with E-state index in [-0.39, 0.29) is 27.4 Å². The molecule has 0 spiro atoms. The molecule has 0 radical (unpaired) electrons. The first kappa shape index (κ1) is 21.6. The molecule has 5 nitrogen and oxygen atoms in total. The molecule has 2 amide bonds. The van der Waals surface area contributed by atoms with E-state index in [0.717, 1.165) is 18.2 Å². The summed E-state index contributed by atoms with van der Waals surface area (Å²) in [6, 6.07) is 9.13. The van der Waals surface area contributed by atoms with Crippen LogP contribution in [-0.2, 0) is 6.18 Å². The molecule has 10 heteroatoms. The number of phenols is 1. The molecule has 1 aliphatic heterocycles. The van der Waals surface area contributed by atoms with Crippen LogP contribution >= 0.6 is 11.6 Å². The Morgan fingerprint density at radius 3 is 2.56 bits per heavy atom. The number of fused-ring (bicyclic) bond motifs is 1. The number of aromatic hydroxyl groups is 1. The average Bonchev–Trinajstić information content (AvgIpc) is 3.06. The molecular weight excluding hydrogens is 452 g/mol. The number of phenolic OH excluding ortho intramolecular Hbond substituents is 1. The van der Waals surface area contributed by atoms with Gasteiger partial charge in [-0.05, 0) is 48.5 Å². The SMILES string of the molecule is O=C(Nc1cccc2c1C(c1cc(F)ccc1Cl)NC2=O)c1cc(O)cc(C(F)(F)F)c1. The molecule has 32 heavy (non-hydrogen) atoms. The molecule has 0 saturated carbocycles. The van der Waals surface area contributed by atoms with Gasteiger partial charge in [0.25, 0.3) is 11.8 Å². The van der Waals surface area contributed by atoms with Crippen LogP contribution in [0.25, 0.3) is 0 Å². The molecular formula is C22H13ClF4N2O3. The highest BCUT2D eigenvalue weighted by Crippen LogP contribution is 2.39. The van der Waals surface area contributed by atoms with Crippen molar-refractivity contribution >= 4 is 29.1 Å². The second-order valence-electron chi connectivity index (χ2n) is 7.06. The molecule has 1 unspecified atom stereocenters. The normalized spacial score (nSPS) is 15.3. The molecule has 0 aliphatic carbocycles. The van der Waals surface area contributed by atoms with Gasteiger partial charge in [-0.2, -0.15) is 13.2 Å². The van der Waals surface area contributed by atoms with Crippen LogP contribution in [0.3, 0.4) is 0 Å². The summed E-state index contributed by atoms with van der Waals surface area (Å²) in [6.07, 6.45) is -4.77. The summed E-state index contributed by atoms with van der Waals surface area (Å²) in [4.78, 5) is 25.1. The Kier molecular flexibility index (Phi) is 5.29. The van der Waals surface area contributed by atoms with Crippen molar-refractivity contribution in [2.75, 3.05) is 5.32 Å². The Balaban J connectivity index is 1.75. The molecule has 1 aliphatic rings. The van der Waals surface area contributed by atoms with Gasteiger partial charge in [0.2, 0.25) is 0 Å². The maximum atomic E-state index is 13.8. The van der Waals surface area contributed by atoms with E-state index >= 15 is 0 Å². The smallest absolute Gasteiger partial charge is 0.416 e. The predicted octanol–water partition coefficient (Wildman–Crippen LogP) is 5.29. The molecule has 3 aromatic carbocycles. The first-order valence-electron chi connectivity index (χ1n) is 9.16. The van der Waals surface area contributed by atoms with E-state index < -0.39 is 46.7 Å². The van der Waals surface area contributed by atoms with Crippen LogP contribution in [0, 0.1) is 5.82 Å². The van der Waals surface area contributed by atoms with Crippen LogP contribution < -0.4 is 10.6 Å². The predicted molar refractivity (Wildman–Crippen MR) is 108 cm³/mol. The fourth-order valence-electron chi connectivity index (χ4n) is 3.53. The van der Waals surface area contributed by atoms with E-state index in [1.165, 1.54) is 24.3 Å². The van der Waals surface area contributed by atoms with Gasteiger partial charge in [-0.25, -0.2) is 4.39 Å². The molecule has 164 valence electrons. The number of hydrogen-bond donors (Lipinski definition) is 3. The number of rotatable bonds is 3. The van der Waals surface area contributed by atoms with Gasteiger partial charge in [0.1, 0.15) is 11.6 Å². The Hall–Kier alpha value is -3.59. The van der Waals surface area contributed by atoms with Crippen molar-refractivity contribution in [3.8, 4) is 5.75 Å². The molecule has 1 heterocycles. The summed E-state index contributed by atoms with van der Waals surface area (Å²) in [5.41, 5.74) is -0.783. The molecule has 1 atom stereocenters. The van der Waals surface area contributed by atoms with Crippen molar-refractivity contribution in [2.45, 2.75) is 12.2 Å². The van der Waals surface area contributed by atoms with Crippen LogP contribution in [0.2, 0.25) is 5.02 Å². The second-order valence-corrected chi connectivity index (χ2v) is 7.47. The zero-order chi connectivity index (χ0) is 23.2. The van der Waals surface area contributed by atoms with Crippen LogP contribution in [0.1, 0.15) is 43.4 Å². The minimum atomic E-state index is -4.77. The lowest BCUT2D eigenvalue weighted by Crippen LogP contribution is -2.21. The van der Waals surface area contributed by atoms with Crippen LogP contribution in [0.5, 0.6) is 5.75 Å². The van der Waals surface area contributed by atoms with Crippen molar-refractivity contribution in [1.82, 2.24) is 5.32 Å². The van der Waals surface area contributed by atoms with Crippen molar-refractivity contribution in [2.24, 2.45) is 0 Å². The minimum absolute atomic E-state index is 0.119. The van der Waals surface area contributed by atoms with E-state index in [1.807, 2.05) is 0 Å². The van der Waals surface area contributed by atoms with E-state index in [4.69, 9.17) is 11.6 Å². The third kappa shape index (κ3) is 3.99. The van der Waals surface area contributed by atoms with Gasteiger partial charge >= 0.3 is 6.18 Å². The minimum Gasteiger partial charge on any atom is -0.508 e. The number of nitrogens with one attached hydrogen (secondary N) is 2. The maximum absolute atomic E-state index is 13.8. The van der Waals surface area contributed by atoms with Crippen LogP contribution in [0.15, 0.2) is 54.6 Å². The molecule has 4 rings (SSSR count). The van der Waals surface area contributed by atoms with E-state index in [1.54, 1.807) is 0 Å². The van der Waals surface area contributed by atoms with E-state index in [0.29, 0.717) is 12.1 Å². The fourth-order valence-corrected chi connectivity index (χ4v) is 3.76. The summed E-state index contributed by atoms with van der Waals surface area (Å²) in [6.45, 7) is 0. The van der Waals surface area contributed by atoms with Gasteiger partial charge in [-0.1, -0.05) is 17.7 Å². The Bertz CT molecular complexity index is 1260. The summed E-state index contributed by atoms with van der Waals surface area (Å²) in [7, 11) is 0. The summed E-state index contributed by atoms with van der Waals surface area (Å²) >= 11 is 6.18. The van der Waals surface area contributed by atoms with E-state index in [2.05, 4.69) is 10.6 Å². The number of hydrogen-bond acceptors (Lipinski definition) is 3. The van der Waals surface area contributed by atoms with Gasteiger partial charge in [0, 0.05) is 33.0 Å².